The van der Waals surface area contributed by atoms with Crippen LogP contribution in [-0.4, -0.2) is 20.0 Å². The molecule has 104 valence electrons. The number of hydrogen-bond acceptors (Lipinski definition) is 4. The molecule has 4 heteroatoms. The molecule has 0 bridgehead atoms. The van der Waals surface area contributed by atoms with Crippen LogP contribution in [0.5, 0.6) is 11.5 Å². The SMILES string of the molecule is COc1cccc2c1C(=O)c1c(OC)ccc3scc-2c13. The molecule has 0 unspecified atom stereocenters. The summed E-state index contributed by atoms with van der Waals surface area (Å²) in [7, 11) is 3.18. The maximum atomic E-state index is 13.0. The Balaban J connectivity index is 2.20. The minimum atomic E-state index is -0.0317. The van der Waals surface area contributed by atoms with Crippen LogP contribution < -0.4 is 9.47 Å². The van der Waals surface area contributed by atoms with E-state index in [1.165, 1.54) is 0 Å². The topological polar surface area (TPSA) is 35.5 Å². The van der Waals surface area contributed by atoms with E-state index in [-0.39, 0.29) is 5.78 Å². The molecule has 2 aromatic carbocycles. The number of benzene rings is 2. The van der Waals surface area contributed by atoms with Gasteiger partial charge in [0.1, 0.15) is 11.5 Å². The Hall–Kier alpha value is -2.33. The lowest BCUT2D eigenvalue weighted by atomic mass is 9.85. The van der Waals surface area contributed by atoms with Crippen molar-refractivity contribution in [2.24, 2.45) is 0 Å². The number of thiophene rings is 1. The lowest BCUT2D eigenvalue weighted by Crippen LogP contribution is -2.12. The molecule has 0 radical (unpaired) electrons. The molecular formula is C17H12O3S. The molecule has 1 aliphatic carbocycles. The van der Waals surface area contributed by atoms with Crippen molar-refractivity contribution >= 4 is 27.2 Å². The lowest BCUT2D eigenvalue weighted by Gasteiger charge is -2.20. The van der Waals surface area contributed by atoms with Crippen LogP contribution in [-0.2, 0) is 0 Å². The van der Waals surface area contributed by atoms with Gasteiger partial charge in [-0.25, -0.2) is 0 Å². The molecule has 0 fully saturated rings. The lowest BCUT2D eigenvalue weighted by molar-refractivity contribution is 0.103. The minimum absolute atomic E-state index is 0.0317. The van der Waals surface area contributed by atoms with E-state index in [1.54, 1.807) is 25.6 Å². The molecule has 0 amide bonds. The van der Waals surface area contributed by atoms with Gasteiger partial charge in [0, 0.05) is 15.6 Å². The normalized spacial score (nSPS) is 12.4. The molecule has 3 aromatic rings. The highest BCUT2D eigenvalue weighted by Crippen LogP contribution is 2.47. The maximum absolute atomic E-state index is 13.0. The molecule has 21 heavy (non-hydrogen) atoms. The number of carbonyl (C=O) groups excluding carboxylic acids is 1. The van der Waals surface area contributed by atoms with E-state index in [2.05, 4.69) is 5.38 Å². The molecule has 0 saturated heterocycles. The monoisotopic (exact) mass is 296 g/mol. The fraction of sp³-hybridized carbons (Fsp3) is 0.118. The van der Waals surface area contributed by atoms with Crippen molar-refractivity contribution in [3.8, 4) is 22.6 Å². The van der Waals surface area contributed by atoms with E-state index in [9.17, 15) is 4.79 Å². The Morgan fingerprint density at radius 3 is 2.43 bits per heavy atom. The van der Waals surface area contributed by atoms with Crippen LogP contribution in [0.1, 0.15) is 15.9 Å². The summed E-state index contributed by atoms with van der Waals surface area (Å²) < 4.78 is 11.9. The predicted octanol–water partition coefficient (Wildman–Crippen LogP) is 4.13. The third-order valence-corrected chi connectivity index (χ3v) is 4.86. The van der Waals surface area contributed by atoms with Gasteiger partial charge in [-0.15, -0.1) is 11.3 Å². The van der Waals surface area contributed by atoms with Gasteiger partial charge in [0.2, 0.25) is 5.78 Å². The molecule has 1 heterocycles. The van der Waals surface area contributed by atoms with Crippen LogP contribution in [0.25, 0.3) is 21.2 Å². The predicted molar refractivity (Wildman–Crippen MR) is 83.8 cm³/mol. The number of carbonyl (C=O) groups is 1. The Morgan fingerprint density at radius 2 is 1.67 bits per heavy atom. The van der Waals surface area contributed by atoms with Crippen LogP contribution in [0.15, 0.2) is 35.7 Å². The van der Waals surface area contributed by atoms with Gasteiger partial charge in [0.15, 0.2) is 0 Å². The van der Waals surface area contributed by atoms with Gasteiger partial charge < -0.3 is 9.47 Å². The van der Waals surface area contributed by atoms with Crippen LogP contribution >= 0.6 is 11.3 Å². The highest BCUT2D eigenvalue weighted by atomic mass is 32.1. The number of ketones is 1. The van der Waals surface area contributed by atoms with Crippen LogP contribution in [0, 0.1) is 0 Å². The first kappa shape index (κ1) is 12.4. The van der Waals surface area contributed by atoms with Crippen molar-refractivity contribution in [2.45, 2.75) is 0 Å². The quantitative estimate of drug-likeness (QED) is 0.558. The molecule has 0 spiro atoms. The molecule has 1 aliphatic rings. The zero-order valence-electron chi connectivity index (χ0n) is 11.6. The summed E-state index contributed by atoms with van der Waals surface area (Å²) in [6.45, 7) is 0. The molecule has 1 aromatic heterocycles. The molecule has 4 rings (SSSR count). The van der Waals surface area contributed by atoms with Crippen molar-refractivity contribution in [3.05, 3.63) is 46.8 Å². The molecule has 0 atom stereocenters. The van der Waals surface area contributed by atoms with Crippen molar-refractivity contribution in [1.82, 2.24) is 0 Å². The minimum Gasteiger partial charge on any atom is -0.496 e. The maximum Gasteiger partial charge on any atom is 0.201 e. The van der Waals surface area contributed by atoms with Gasteiger partial charge in [0.05, 0.1) is 25.3 Å². The third kappa shape index (κ3) is 1.51. The summed E-state index contributed by atoms with van der Waals surface area (Å²) in [5.74, 6) is 1.19. The van der Waals surface area contributed by atoms with Gasteiger partial charge in [-0.2, -0.15) is 0 Å². The Bertz CT molecular complexity index is 892. The van der Waals surface area contributed by atoms with E-state index >= 15 is 0 Å². The molecular weight excluding hydrogens is 284 g/mol. The number of rotatable bonds is 2. The van der Waals surface area contributed by atoms with Crippen molar-refractivity contribution in [3.63, 3.8) is 0 Å². The summed E-state index contributed by atoms with van der Waals surface area (Å²) >= 11 is 1.64. The van der Waals surface area contributed by atoms with E-state index < -0.39 is 0 Å². The van der Waals surface area contributed by atoms with Crippen molar-refractivity contribution in [1.29, 1.82) is 0 Å². The molecule has 0 N–H and O–H groups in total. The van der Waals surface area contributed by atoms with Crippen LogP contribution in [0.3, 0.4) is 0 Å². The third-order valence-electron chi connectivity index (χ3n) is 3.91. The van der Waals surface area contributed by atoms with Crippen molar-refractivity contribution < 1.29 is 14.3 Å². The van der Waals surface area contributed by atoms with E-state index in [0.29, 0.717) is 22.6 Å². The first-order valence-electron chi connectivity index (χ1n) is 6.56. The smallest absolute Gasteiger partial charge is 0.201 e. The second-order valence-corrected chi connectivity index (χ2v) is 5.79. The summed E-state index contributed by atoms with van der Waals surface area (Å²) in [5, 5.41) is 3.09. The highest BCUT2D eigenvalue weighted by Gasteiger charge is 2.31. The largest absolute Gasteiger partial charge is 0.496 e. The molecule has 0 aliphatic heterocycles. The summed E-state index contributed by atoms with van der Waals surface area (Å²) in [4.78, 5) is 13.0. The van der Waals surface area contributed by atoms with Gasteiger partial charge in [0.25, 0.3) is 0 Å². The number of methoxy groups -OCH3 is 2. The van der Waals surface area contributed by atoms with Crippen LogP contribution in [0.4, 0.5) is 0 Å². The highest BCUT2D eigenvalue weighted by molar-refractivity contribution is 7.17. The first-order chi connectivity index (χ1) is 10.3. The zero-order chi connectivity index (χ0) is 14.6. The Labute approximate surface area is 125 Å². The van der Waals surface area contributed by atoms with Crippen LogP contribution in [0.2, 0.25) is 0 Å². The fourth-order valence-corrected chi connectivity index (χ4v) is 3.96. The second-order valence-electron chi connectivity index (χ2n) is 4.88. The summed E-state index contributed by atoms with van der Waals surface area (Å²) in [5.41, 5.74) is 3.28. The van der Waals surface area contributed by atoms with Crippen molar-refractivity contribution in [2.75, 3.05) is 14.2 Å². The van der Waals surface area contributed by atoms with E-state index in [4.69, 9.17) is 9.47 Å². The average Bonchev–Trinajstić information content (AvgIpc) is 2.96. The van der Waals surface area contributed by atoms with Gasteiger partial charge in [-0.1, -0.05) is 12.1 Å². The summed E-state index contributed by atoms with van der Waals surface area (Å²) in [6, 6.07) is 9.57. The number of fused-ring (bicyclic) bond motifs is 2. The summed E-state index contributed by atoms with van der Waals surface area (Å²) in [6.07, 6.45) is 0. The zero-order valence-corrected chi connectivity index (χ0v) is 12.4. The Morgan fingerprint density at radius 1 is 0.905 bits per heavy atom. The van der Waals surface area contributed by atoms with Gasteiger partial charge >= 0.3 is 0 Å². The van der Waals surface area contributed by atoms with Gasteiger partial charge in [-0.05, 0) is 29.1 Å². The molecule has 3 nitrogen and oxygen atoms in total. The van der Waals surface area contributed by atoms with E-state index in [1.807, 2.05) is 30.3 Å². The molecule has 0 saturated carbocycles. The van der Waals surface area contributed by atoms with E-state index in [0.717, 1.165) is 21.2 Å². The number of ether oxygens (including phenoxy) is 2. The first-order valence-corrected chi connectivity index (χ1v) is 7.44. The van der Waals surface area contributed by atoms with Gasteiger partial charge in [-0.3, -0.25) is 4.79 Å². The average molecular weight is 296 g/mol. The standard InChI is InChI=1S/C17H12O3S/c1-19-11-5-3-4-9-10-8-21-13-7-6-12(20-2)16(15(10)13)17(18)14(9)11/h3-8H,1-2H3. The Kier molecular flexibility index (Phi) is 2.56. The second kappa shape index (κ2) is 4.33. The fourth-order valence-electron chi connectivity index (χ4n) is 2.99. The number of hydrogen-bond donors (Lipinski definition) is 0.